The molecule has 0 saturated heterocycles. The quantitative estimate of drug-likeness (QED) is 0.250. The molecule has 0 aliphatic rings. The molecule has 1 heterocycles. The summed E-state index contributed by atoms with van der Waals surface area (Å²) in [5.74, 6) is 0.595. The van der Waals surface area contributed by atoms with Gasteiger partial charge < -0.3 is 9.72 Å². The summed E-state index contributed by atoms with van der Waals surface area (Å²) in [6.45, 7) is 7.36. The summed E-state index contributed by atoms with van der Waals surface area (Å²) >= 11 is 1.55. The van der Waals surface area contributed by atoms with Gasteiger partial charge in [0.2, 0.25) is 0 Å². The maximum absolute atomic E-state index is 11.4. The monoisotopic (exact) mass is 310 g/mol. The molecule has 6 heteroatoms. The minimum Gasteiger partial charge on any atom is -0.462 e. The zero-order valence-corrected chi connectivity index (χ0v) is 13.4. The van der Waals surface area contributed by atoms with E-state index in [1.165, 1.54) is 0 Å². The van der Waals surface area contributed by atoms with E-state index in [2.05, 4.69) is 16.5 Å². The molecule has 0 aliphatic carbocycles. The first-order valence-corrected chi connectivity index (χ1v) is 8.00. The number of nitrogens with one attached hydrogen (secondary N) is 1. The van der Waals surface area contributed by atoms with Crippen molar-refractivity contribution in [2.45, 2.75) is 44.7 Å². The fourth-order valence-electron chi connectivity index (χ4n) is 1.53. The van der Waals surface area contributed by atoms with Crippen LogP contribution in [0.3, 0.4) is 0 Å². The summed E-state index contributed by atoms with van der Waals surface area (Å²) in [6.07, 6.45) is 5.58. The third kappa shape index (κ3) is 7.13. The number of rotatable bonds is 9. The summed E-state index contributed by atoms with van der Waals surface area (Å²) in [5.41, 5.74) is 0.987. The van der Waals surface area contributed by atoms with Gasteiger partial charge in [-0.25, -0.2) is 9.78 Å². The normalized spacial score (nSPS) is 10.4. The Hall–Kier alpha value is -1.56. The fourth-order valence-corrected chi connectivity index (χ4v) is 2.36. The van der Waals surface area contributed by atoms with Crippen molar-refractivity contribution in [3.63, 3.8) is 0 Å². The van der Waals surface area contributed by atoms with Gasteiger partial charge in [0.25, 0.3) is 5.56 Å². The minimum absolute atomic E-state index is 0.0770. The lowest BCUT2D eigenvalue weighted by molar-refractivity contribution is -0.139. The summed E-state index contributed by atoms with van der Waals surface area (Å²) in [4.78, 5) is 29.4. The summed E-state index contributed by atoms with van der Waals surface area (Å²) in [7, 11) is 0. The Morgan fingerprint density at radius 2 is 2.10 bits per heavy atom. The molecule has 21 heavy (non-hydrogen) atoms. The number of nitrogens with zero attached hydrogens (tertiary/aromatic N) is 1. The van der Waals surface area contributed by atoms with Crippen LogP contribution in [0.25, 0.3) is 0 Å². The summed E-state index contributed by atoms with van der Waals surface area (Å²) in [5, 5.41) is 0.668. The van der Waals surface area contributed by atoms with E-state index in [1.807, 2.05) is 0 Å². The molecule has 0 radical (unpaired) electrons. The average Bonchev–Trinajstić information content (AvgIpc) is 2.45. The van der Waals surface area contributed by atoms with Gasteiger partial charge in [-0.15, -0.1) is 0 Å². The zero-order chi connectivity index (χ0) is 15.7. The SMILES string of the molecule is C=C(C)C(=O)OCCCCCCSc1ncc(C)c(=O)[nH]1. The van der Waals surface area contributed by atoms with Gasteiger partial charge in [-0.1, -0.05) is 31.2 Å². The van der Waals surface area contributed by atoms with E-state index in [1.54, 1.807) is 31.8 Å². The molecule has 0 unspecified atom stereocenters. The van der Waals surface area contributed by atoms with Crippen molar-refractivity contribution in [1.29, 1.82) is 0 Å². The zero-order valence-electron chi connectivity index (χ0n) is 12.6. The molecule has 116 valence electrons. The number of carbonyl (C=O) groups excluding carboxylic acids is 1. The first kappa shape index (κ1) is 17.5. The molecule has 0 bridgehead atoms. The molecule has 0 aliphatic heterocycles. The average molecular weight is 310 g/mol. The minimum atomic E-state index is -0.319. The van der Waals surface area contributed by atoms with E-state index in [-0.39, 0.29) is 11.5 Å². The molecule has 0 fully saturated rings. The van der Waals surface area contributed by atoms with Gasteiger partial charge in [0.1, 0.15) is 0 Å². The first-order valence-electron chi connectivity index (χ1n) is 7.02. The number of aromatic nitrogens is 2. The second-order valence-electron chi connectivity index (χ2n) is 4.88. The Balaban J connectivity index is 2.04. The number of ether oxygens (including phenoxy) is 1. The van der Waals surface area contributed by atoms with Crippen LogP contribution in [0.2, 0.25) is 0 Å². The number of carbonyl (C=O) groups is 1. The van der Waals surface area contributed by atoms with Crippen molar-refractivity contribution in [2.24, 2.45) is 0 Å². The highest BCUT2D eigenvalue weighted by Crippen LogP contribution is 2.14. The lowest BCUT2D eigenvalue weighted by Crippen LogP contribution is -2.10. The molecule has 0 saturated carbocycles. The largest absolute Gasteiger partial charge is 0.462 e. The second-order valence-corrected chi connectivity index (χ2v) is 5.96. The van der Waals surface area contributed by atoms with Gasteiger partial charge in [0, 0.05) is 23.1 Å². The van der Waals surface area contributed by atoms with Gasteiger partial charge in [-0.05, 0) is 26.7 Å². The predicted molar refractivity (Wildman–Crippen MR) is 84.6 cm³/mol. The van der Waals surface area contributed by atoms with Gasteiger partial charge in [-0.2, -0.15) is 0 Å². The predicted octanol–water partition coefficient (Wildman–Crippen LogP) is 2.85. The van der Waals surface area contributed by atoms with Crippen molar-refractivity contribution in [3.8, 4) is 0 Å². The Bertz CT molecular complexity index is 540. The molecule has 1 aromatic rings. The van der Waals surface area contributed by atoms with Crippen molar-refractivity contribution in [3.05, 3.63) is 34.3 Å². The van der Waals surface area contributed by atoms with Crippen LogP contribution in [-0.2, 0) is 9.53 Å². The Labute approximate surface area is 129 Å². The van der Waals surface area contributed by atoms with E-state index >= 15 is 0 Å². The van der Waals surface area contributed by atoms with Crippen LogP contribution in [0, 0.1) is 6.92 Å². The van der Waals surface area contributed by atoms with Gasteiger partial charge in [0.15, 0.2) is 5.16 Å². The van der Waals surface area contributed by atoms with Crippen molar-refractivity contribution in [2.75, 3.05) is 12.4 Å². The summed E-state index contributed by atoms with van der Waals surface area (Å²) in [6, 6.07) is 0. The molecule has 5 nitrogen and oxygen atoms in total. The first-order chi connectivity index (χ1) is 10.0. The van der Waals surface area contributed by atoms with E-state index in [4.69, 9.17) is 4.74 Å². The smallest absolute Gasteiger partial charge is 0.333 e. The number of H-pyrrole nitrogens is 1. The number of aromatic amines is 1. The number of unbranched alkanes of at least 4 members (excludes halogenated alkanes) is 3. The molecule has 0 amide bonds. The Morgan fingerprint density at radius 3 is 2.76 bits per heavy atom. The molecular weight excluding hydrogens is 288 g/mol. The Morgan fingerprint density at radius 1 is 1.38 bits per heavy atom. The van der Waals surface area contributed by atoms with E-state index < -0.39 is 0 Å². The fraction of sp³-hybridized carbons (Fsp3) is 0.533. The van der Waals surface area contributed by atoms with Crippen molar-refractivity contribution in [1.82, 2.24) is 9.97 Å². The topological polar surface area (TPSA) is 72.0 Å². The summed E-state index contributed by atoms with van der Waals surface area (Å²) < 4.78 is 5.01. The van der Waals surface area contributed by atoms with Crippen LogP contribution >= 0.6 is 11.8 Å². The van der Waals surface area contributed by atoms with E-state index in [0.29, 0.717) is 22.9 Å². The van der Waals surface area contributed by atoms with Crippen LogP contribution in [-0.4, -0.2) is 28.3 Å². The highest BCUT2D eigenvalue weighted by atomic mass is 32.2. The highest BCUT2D eigenvalue weighted by molar-refractivity contribution is 7.99. The molecule has 1 rings (SSSR count). The number of hydrogen-bond donors (Lipinski definition) is 1. The standard InChI is InChI=1S/C15H22N2O3S/c1-11(2)14(19)20-8-6-4-5-7-9-21-15-16-10-12(3)13(18)17-15/h10H,1,4-9H2,2-3H3,(H,16,17,18). The van der Waals surface area contributed by atoms with Crippen molar-refractivity contribution >= 4 is 17.7 Å². The maximum Gasteiger partial charge on any atom is 0.333 e. The van der Waals surface area contributed by atoms with Crippen LogP contribution in [0.1, 0.15) is 38.2 Å². The van der Waals surface area contributed by atoms with E-state index in [0.717, 1.165) is 31.4 Å². The molecular formula is C15H22N2O3S. The third-order valence-corrected chi connectivity index (χ3v) is 3.79. The van der Waals surface area contributed by atoms with Gasteiger partial charge in [0.05, 0.1) is 6.61 Å². The molecule has 1 N–H and O–H groups in total. The number of aryl methyl sites for hydroxylation is 1. The molecule has 1 aromatic heterocycles. The lowest BCUT2D eigenvalue weighted by Gasteiger charge is -2.04. The molecule has 0 spiro atoms. The third-order valence-electron chi connectivity index (χ3n) is 2.81. The lowest BCUT2D eigenvalue weighted by atomic mass is 10.2. The van der Waals surface area contributed by atoms with Gasteiger partial charge in [-0.3, -0.25) is 4.79 Å². The van der Waals surface area contributed by atoms with Crippen LogP contribution in [0.5, 0.6) is 0 Å². The highest BCUT2D eigenvalue weighted by Gasteiger charge is 2.02. The van der Waals surface area contributed by atoms with Crippen LogP contribution < -0.4 is 5.56 Å². The molecule has 0 atom stereocenters. The maximum atomic E-state index is 11.4. The number of hydrogen-bond acceptors (Lipinski definition) is 5. The Kier molecular flexibility index (Phi) is 7.82. The molecule has 0 aromatic carbocycles. The van der Waals surface area contributed by atoms with E-state index in [9.17, 15) is 9.59 Å². The second kappa shape index (κ2) is 9.39. The van der Waals surface area contributed by atoms with Crippen LogP contribution in [0.15, 0.2) is 28.3 Å². The number of thioether (sulfide) groups is 1. The van der Waals surface area contributed by atoms with Crippen molar-refractivity contribution < 1.29 is 9.53 Å². The number of esters is 1. The van der Waals surface area contributed by atoms with Gasteiger partial charge >= 0.3 is 5.97 Å². The van der Waals surface area contributed by atoms with Crippen LogP contribution in [0.4, 0.5) is 0 Å².